The maximum absolute atomic E-state index is 12.2. The third-order valence-corrected chi connectivity index (χ3v) is 4.35. The quantitative estimate of drug-likeness (QED) is 0.858. The van der Waals surface area contributed by atoms with E-state index < -0.39 is 0 Å². The first kappa shape index (κ1) is 16.5. The van der Waals surface area contributed by atoms with Gasteiger partial charge in [0.15, 0.2) is 0 Å². The van der Waals surface area contributed by atoms with Crippen molar-refractivity contribution in [1.82, 2.24) is 10.3 Å². The average molecular weight is 319 g/mol. The topological polar surface area (TPSA) is 77.2 Å². The van der Waals surface area contributed by atoms with Crippen molar-refractivity contribution < 1.29 is 9.53 Å². The van der Waals surface area contributed by atoms with Crippen LogP contribution in [-0.4, -0.2) is 30.1 Å². The van der Waals surface area contributed by atoms with E-state index in [1.54, 1.807) is 0 Å². The second kappa shape index (κ2) is 7.38. The third-order valence-electron chi connectivity index (χ3n) is 3.15. The van der Waals surface area contributed by atoms with E-state index in [-0.39, 0.29) is 11.9 Å². The first-order valence-corrected chi connectivity index (χ1v) is 8.08. The van der Waals surface area contributed by atoms with Gasteiger partial charge in [-0.2, -0.15) is 0 Å². The van der Waals surface area contributed by atoms with E-state index in [1.807, 2.05) is 45.0 Å². The molecule has 22 heavy (non-hydrogen) atoms. The number of carbonyl (C=O) groups is 1. The number of thiazole rings is 1. The second-order valence-electron chi connectivity index (χ2n) is 5.00. The minimum atomic E-state index is -0.120. The highest BCUT2D eigenvalue weighted by Crippen LogP contribution is 2.29. The van der Waals surface area contributed by atoms with Crippen LogP contribution < -0.4 is 15.8 Å². The molecule has 2 aromatic rings. The smallest absolute Gasteiger partial charge is 0.263 e. The highest BCUT2D eigenvalue weighted by Gasteiger charge is 2.17. The van der Waals surface area contributed by atoms with Gasteiger partial charge >= 0.3 is 0 Å². The molecule has 0 aliphatic carbocycles. The van der Waals surface area contributed by atoms with Gasteiger partial charge in [0.05, 0.1) is 12.3 Å². The lowest BCUT2D eigenvalue weighted by atomic mass is 10.2. The minimum absolute atomic E-state index is 0.0528. The number of amides is 1. The molecule has 3 N–H and O–H groups in total. The van der Waals surface area contributed by atoms with Crippen molar-refractivity contribution in [1.29, 1.82) is 0 Å². The lowest BCUT2D eigenvalue weighted by Crippen LogP contribution is -2.37. The maximum Gasteiger partial charge on any atom is 0.263 e. The van der Waals surface area contributed by atoms with Crippen molar-refractivity contribution in [2.45, 2.75) is 26.8 Å². The standard InChI is InChI=1S/C16H21N3O2S/c1-4-21-13-7-5-12(6-8-13)16-19-11(3)14(22-16)15(20)18-10(2)9-17/h5-8,10H,4,9,17H2,1-3H3,(H,18,20)/t10-/m0/s1. The maximum atomic E-state index is 12.2. The Morgan fingerprint density at radius 1 is 1.41 bits per heavy atom. The molecule has 0 saturated carbocycles. The zero-order valence-electron chi connectivity index (χ0n) is 13.1. The highest BCUT2D eigenvalue weighted by atomic mass is 32.1. The largest absolute Gasteiger partial charge is 0.494 e. The molecule has 1 amide bonds. The fraction of sp³-hybridized carbons (Fsp3) is 0.375. The van der Waals surface area contributed by atoms with Crippen LogP contribution >= 0.6 is 11.3 Å². The molecule has 5 nitrogen and oxygen atoms in total. The number of nitrogens with two attached hydrogens (primary N) is 1. The first-order chi connectivity index (χ1) is 10.5. The van der Waals surface area contributed by atoms with Crippen molar-refractivity contribution >= 4 is 17.2 Å². The Balaban J connectivity index is 2.20. The number of aromatic nitrogens is 1. The van der Waals surface area contributed by atoms with Crippen LogP contribution in [0.1, 0.15) is 29.2 Å². The van der Waals surface area contributed by atoms with Gasteiger partial charge in [-0.05, 0) is 45.0 Å². The SMILES string of the molecule is CCOc1ccc(-c2nc(C)c(C(=O)N[C@@H](C)CN)s2)cc1. The van der Waals surface area contributed by atoms with E-state index in [2.05, 4.69) is 10.3 Å². The molecule has 1 heterocycles. The number of rotatable bonds is 6. The summed E-state index contributed by atoms with van der Waals surface area (Å²) in [4.78, 5) is 17.3. The van der Waals surface area contributed by atoms with Gasteiger partial charge in [0.25, 0.3) is 5.91 Å². The average Bonchev–Trinajstić information content (AvgIpc) is 2.90. The van der Waals surface area contributed by atoms with Crippen molar-refractivity contribution in [3.8, 4) is 16.3 Å². The number of hydrogen-bond acceptors (Lipinski definition) is 5. The van der Waals surface area contributed by atoms with Gasteiger partial charge in [-0.15, -0.1) is 11.3 Å². The fourth-order valence-electron chi connectivity index (χ4n) is 1.94. The van der Waals surface area contributed by atoms with Gasteiger partial charge in [-0.1, -0.05) is 0 Å². The summed E-state index contributed by atoms with van der Waals surface area (Å²) in [6.07, 6.45) is 0. The normalized spacial score (nSPS) is 12.0. The van der Waals surface area contributed by atoms with Gasteiger partial charge < -0.3 is 15.8 Å². The summed E-state index contributed by atoms with van der Waals surface area (Å²) in [5, 5.41) is 3.69. The van der Waals surface area contributed by atoms with Crippen LogP contribution in [0.25, 0.3) is 10.6 Å². The summed E-state index contributed by atoms with van der Waals surface area (Å²) >= 11 is 1.39. The molecular weight excluding hydrogens is 298 g/mol. The van der Waals surface area contributed by atoms with Crippen LogP contribution in [0.2, 0.25) is 0 Å². The molecule has 2 rings (SSSR count). The predicted molar refractivity (Wildman–Crippen MR) is 89.4 cm³/mol. The third kappa shape index (κ3) is 3.84. The lowest BCUT2D eigenvalue weighted by molar-refractivity contribution is 0.0944. The second-order valence-corrected chi connectivity index (χ2v) is 6.00. The van der Waals surface area contributed by atoms with Crippen molar-refractivity contribution in [2.24, 2.45) is 5.73 Å². The van der Waals surface area contributed by atoms with E-state index in [4.69, 9.17) is 10.5 Å². The van der Waals surface area contributed by atoms with Crippen molar-refractivity contribution in [3.05, 3.63) is 34.8 Å². The molecule has 1 atom stereocenters. The first-order valence-electron chi connectivity index (χ1n) is 7.26. The van der Waals surface area contributed by atoms with Crippen LogP contribution in [0, 0.1) is 6.92 Å². The van der Waals surface area contributed by atoms with Crippen LogP contribution in [0.5, 0.6) is 5.75 Å². The molecular formula is C16H21N3O2S. The number of aryl methyl sites for hydroxylation is 1. The van der Waals surface area contributed by atoms with Crippen molar-refractivity contribution in [2.75, 3.05) is 13.2 Å². The number of benzene rings is 1. The van der Waals surface area contributed by atoms with E-state index >= 15 is 0 Å². The lowest BCUT2D eigenvalue weighted by Gasteiger charge is -2.09. The van der Waals surface area contributed by atoms with E-state index in [9.17, 15) is 4.79 Å². The molecule has 0 radical (unpaired) electrons. The summed E-state index contributed by atoms with van der Waals surface area (Å²) in [6.45, 7) is 6.72. The Kier molecular flexibility index (Phi) is 5.51. The summed E-state index contributed by atoms with van der Waals surface area (Å²) in [6, 6.07) is 7.67. The molecule has 1 aromatic carbocycles. The van der Waals surface area contributed by atoms with Gasteiger partial charge in [0.2, 0.25) is 0 Å². The Hall–Kier alpha value is -1.92. The van der Waals surface area contributed by atoms with E-state index in [0.717, 1.165) is 22.0 Å². The predicted octanol–water partition coefficient (Wildman–Crippen LogP) is 2.59. The minimum Gasteiger partial charge on any atom is -0.494 e. The number of hydrogen-bond donors (Lipinski definition) is 2. The number of nitrogens with zero attached hydrogens (tertiary/aromatic N) is 1. The Morgan fingerprint density at radius 2 is 2.09 bits per heavy atom. The molecule has 0 spiro atoms. The molecule has 6 heteroatoms. The molecule has 1 aromatic heterocycles. The van der Waals surface area contributed by atoms with Gasteiger partial charge in [0, 0.05) is 18.2 Å². The van der Waals surface area contributed by atoms with Crippen molar-refractivity contribution in [3.63, 3.8) is 0 Å². The number of ether oxygens (including phenoxy) is 1. The monoisotopic (exact) mass is 319 g/mol. The molecule has 0 aliphatic rings. The van der Waals surface area contributed by atoms with Gasteiger partial charge in [-0.25, -0.2) is 4.98 Å². The van der Waals surface area contributed by atoms with E-state index in [1.165, 1.54) is 11.3 Å². The summed E-state index contributed by atoms with van der Waals surface area (Å²) in [5.74, 6) is 0.708. The van der Waals surface area contributed by atoms with Crippen LogP contribution in [-0.2, 0) is 0 Å². The van der Waals surface area contributed by atoms with Crippen LogP contribution in [0.4, 0.5) is 0 Å². The number of nitrogens with one attached hydrogen (secondary N) is 1. The molecule has 0 saturated heterocycles. The Labute approximate surface area is 134 Å². The van der Waals surface area contributed by atoms with Gasteiger partial charge in [-0.3, -0.25) is 4.79 Å². The Morgan fingerprint density at radius 3 is 2.68 bits per heavy atom. The summed E-state index contributed by atoms with van der Waals surface area (Å²) in [5.41, 5.74) is 7.24. The van der Waals surface area contributed by atoms with Crippen LogP contribution in [0.15, 0.2) is 24.3 Å². The van der Waals surface area contributed by atoms with Crippen LogP contribution in [0.3, 0.4) is 0 Å². The summed E-state index contributed by atoms with van der Waals surface area (Å²) in [7, 11) is 0. The fourth-order valence-corrected chi connectivity index (χ4v) is 2.91. The highest BCUT2D eigenvalue weighted by molar-refractivity contribution is 7.17. The number of carbonyl (C=O) groups excluding carboxylic acids is 1. The zero-order valence-corrected chi connectivity index (χ0v) is 13.9. The van der Waals surface area contributed by atoms with E-state index in [0.29, 0.717) is 18.0 Å². The summed E-state index contributed by atoms with van der Waals surface area (Å²) < 4.78 is 5.43. The molecule has 0 aliphatic heterocycles. The zero-order chi connectivity index (χ0) is 16.1. The molecule has 0 bridgehead atoms. The molecule has 118 valence electrons. The molecule has 0 unspecified atom stereocenters. The van der Waals surface area contributed by atoms with Gasteiger partial charge in [0.1, 0.15) is 15.6 Å². The Bertz CT molecular complexity index is 637. The molecule has 0 fully saturated rings.